The summed E-state index contributed by atoms with van der Waals surface area (Å²) in [5, 5.41) is 11.0. The highest BCUT2D eigenvalue weighted by Gasteiger charge is 2.44. The molecule has 0 fully saturated rings. The van der Waals surface area contributed by atoms with Crippen molar-refractivity contribution in [1.82, 2.24) is 9.55 Å². The van der Waals surface area contributed by atoms with Crippen LogP contribution >= 0.6 is 0 Å². The van der Waals surface area contributed by atoms with Gasteiger partial charge in [0.05, 0.1) is 16.6 Å². The fraction of sp³-hybridized carbons (Fsp3) is 0.0667. The summed E-state index contributed by atoms with van der Waals surface area (Å²) in [4.78, 5) is 6.39. The minimum Gasteiger partial charge on any atom is -0.354 e. The Morgan fingerprint density at radius 3 is 1.80 bits per heavy atom. The number of allylic oxidation sites excluding steroid dienone is 8. The van der Waals surface area contributed by atoms with Crippen LogP contribution in [-0.4, -0.2) is 17.6 Å². The maximum atomic E-state index is 3.83. The number of fused-ring (bicyclic) bond motifs is 6. The summed E-state index contributed by atoms with van der Waals surface area (Å²) in [6.45, 7) is 0. The van der Waals surface area contributed by atoms with Gasteiger partial charge >= 0.3 is 0 Å². The minimum absolute atomic E-state index is 0.903. The van der Waals surface area contributed by atoms with Crippen LogP contribution in [0.4, 0.5) is 11.4 Å². The lowest BCUT2D eigenvalue weighted by molar-refractivity contribution is 0.899. The second-order valence-corrected chi connectivity index (χ2v) is 21.1. The number of hydrogen-bond donors (Lipinski definition) is 1. The van der Waals surface area contributed by atoms with Gasteiger partial charge in [0.15, 0.2) is 8.07 Å². The molecular formula is C60H47N3Si. The van der Waals surface area contributed by atoms with Crippen molar-refractivity contribution in [3.8, 4) is 16.8 Å². The van der Waals surface area contributed by atoms with Crippen molar-refractivity contribution < 1.29 is 0 Å². The molecule has 1 N–H and O–H groups in total. The number of hydrogen-bond acceptors (Lipinski definition) is 1. The number of aromatic nitrogens is 2. The van der Waals surface area contributed by atoms with Gasteiger partial charge in [0.2, 0.25) is 0 Å². The number of rotatable bonds is 9. The van der Waals surface area contributed by atoms with Gasteiger partial charge in [-0.2, -0.15) is 0 Å². The average Bonchev–Trinajstić information content (AvgIpc) is 3.92. The van der Waals surface area contributed by atoms with Crippen LogP contribution in [0.2, 0.25) is 0 Å². The fourth-order valence-corrected chi connectivity index (χ4v) is 16.2. The predicted octanol–water partition coefficient (Wildman–Crippen LogP) is 14.4. The molecule has 10 aromatic rings. The van der Waals surface area contributed by atoms with Gasteiger partial charge in [-0.3, -0.25) is 0 Å². The molecule has 306 valence electrons. The highest BCUT2D eigenvalue weighted by atomic mass is 28.3. The third kappa shape index (κ3) is 6.24. The smallest absolute Gasteiger partial charge is 0.171 e. The van der Waals surface area contributed by atoms with E-state index in [4.69, 9.17) is 0 Å². The van der Waals surface area contributed by atoms with Crippen LogP contribution < -0.4 is 15.3 Å². The Kier molecular flexibility index (Phi) is 9.46. The van der Waals surface area contributed by atoms with Crippen LogP contribution in [0, 0.1) is 0 Å². The lowest BCUT2D eigenvalue weighted by Gasteiger charge is -2.40. The summed E-state index contributed by atoms with van der Waals surface area (Å²) in [5.41, 5.74) is 11.9. The van der Waals surface area contributed by atoms with Crippen LogP contribution in [0.3, 0.4) is 0 Å². The number of aromatic amines is 1. The number of para-hydroxylation sites is 3. The largest absolute Gasteiger partial charge is 0.354 e. The third-order valence-electron chi connectivity index (χ3n) is 13.7. The first-order chi connectivity index (χ1) is 31.8. The SMILES string of the molecule is C1=CCCC([Si](C2=CC=C(N(c3cc(-c4ccccc4)c4[nH]c5ccccc5c4c3)c3ccc4c(c3)c3ccccc3n4-c3ccccc3)CC2)(c2ccccc2)c2ccccc2)=C1. The summed E-state index contributed by atoms with van der Waals surface area (Å²) < 4.78 is 2.41. The second-order valence-electron chi connectivity index (χ2n) is 17.2. The van der Waals surface area contributed by atoms with E-state index < -0.39 is 8.07 Å². The van der Waals surface area contributed by atoms with E-state index in [9.17, 15) is 0 Å². The van der Waals surface area contributed by atoms with E-state index in [1.165, 1.54) is 59.8 Å². The van der Waals surface area contributed by atoms with E-state index in [0.29, 0.717) is 0 Å². The van der Waals surface area contributed by atoms with Gasteiger partial charge < -0.3 is 14.5 Å². The third-order valence-corrected chi connectivity index (χ3v) is 18.8. The number of anilines is 2. The van der Waals surface area contributed by atoms with Crippen molar-refractivity contribution in [1.29, 1.82) is 0 Å². The molecule has 0 bridgehead atoms. The van der Waals surface area contributed by atoms with Crippen molar-refractivity contribution in [2.45, 2.75) is 25.7 Å². The van der Waals surface area contributed by atoms with Crippen LogP contribution in [0.15, 0.2) is 247 Å². The lowest BCUT2D eigenvalue weighted by Crippen LogP contribution is -2.62. The Morgan fingerprint density at radius 2 is 1.09 bits per heavy atom. The zero-order valence-corrected chi connectivity index (χ0v) is 36.7. The zero-order valence-electron chi connectivity index (χ0n) is 35.7. The average molecular weight is 838 g/mol. The number of nitrogens with one attached hydrogen (secondary N) is 1. The number of benzene rings is 8. The van der Waals surface area contributed by atoms with Gasteiger partial charge in [-0.25, -0.2) is 0 Å². The molecule has 2 heterocycles. The van der Waals surface area contributed by atoms with Crippen molar-refractivity contribution >= 4 is 73.4 Å². The molecule has 3 nitrogen and oxygen atoms in total. The lowest BCUT2D eigenvalue weighted by atomic mass is 9.99. The van der Waals surface area contributed by atoms with Crippen molar-refractivity contribution in [3.63, 3.8) is 0 Å². The summed E-state index contributed by atoms with van der Waals surface area (Å²) >= 11 is 0. The van der Waals surface area contributed by atoms with Crippen LogP contribution in [0.5, 0.6) is 0 Å². The Bertz CT molecular complexity index is 3440. The highest BCUT2D eigenvalue weighted by molar-refractivity contribution is 7.12. The van der Waals surface area contributed by atoms with Crippen LogP contribution in [0.1, 0.15) is 25.7 Å². The zero-order chi connectivity index (χ0) is 42.5. The van der Waals surface area contributed by atoms with Crippen molar-refractivity contribution in [2.75, 3.05) is 4.90 Å². The van der Waals surface area contributed by atoms with Crippen LogP contribution in [0.25, 0.3) is 60.4 Å². The Balaban J connectivity index is 1.11. The van der Waals surface area contributed by atoms with Gasteiger partial charge in [0.25, 0.3) is 0 Å². The molecule has 2 aliphatic carbocycles. The first-order valence-corrected chi connectivity index (χ1v) is 24.6. The second kappa shape index (κ2) is 15.9. The maximum Gasteiger partial charge on any atom is 0.171 e. The first kappa shape index (κ1) is 38.0. The van der Waals surface area contributed by atoms with Crippen molar-refractivity contribution in [3.05, 3.63) is 247 Å². The van der Waals surface area contributed by atoms with Gasteiger partial charge in [-0.05, 0) is 102 Å². The van der Waals surface area contributed by atoms with E-state index in [1.807, 2.05) is 0 Å². The van der Waals surface area contributed by atoms with E-state index in [2.05, 4.69) is 245 Å². The molecule has 0 radical (unpaired) electrons. The van der Waals surface area contributed by atoms with E-state index in [-0.39, 0.29) is 0 Å². The van der Waals surface area contributed by atoms with E-state index in [0.717, 1.165) is 53.8 Å². The molecule has 0 saturated carbocycles. The summed E-state index contributed by atoms with van der Waals surface area (Å²) in [6.07, 6.45) is 16.1. The minimum atomic E-state index is -2.58. The Morgan fingerprint density at radius 1 is 0.469 bits per heavy atom. The molecule has 0 unspecified atom stereocenters. The van der Waals surface area contributed by atoms with Gasteiger partial charge in [0.1, 0.15) is 0 Å². The summed E-state index contributed by atoms with van der Waals surface area (Å²) in [7, 11) is -2.58. The van der Waals surface area contributed by atoms with E-state index in [1.54, 1.807) is 10.4 Å². The number of nitrogens with zero attached hydrogens (tertiary/aromatic N) is 2. The molecule has 2 aromatic heterocycles. The molecule has 4 heteroatoms. The maximum absolute atomic E-state index is 3.83. The molecular weight excluding hydrogens is 791 g/mol. The van der Waals surface area contributed by atoms with Crippen LogP contribution in [-0.2, 0) is 0 Å². The van der Waals surface area contributed by atoms with Gasteiger partial charge in [0, 0.05) is 55.4 Å². The predicted molar refractivity (Wildman–Crippen MR) is 274 cm³/mol. The van der Waals surface area contributed by atoms with E-state index >= 15 is 0 Å². The Hall–Kier alpha value is -7.66. The summed E-state index contributed by atoms with van der Waals surface area (Å²) in [5.74, 6) is 0. The quantitative estimate of drug-likeness (QED) is 0.144. The van der Waals surface area contributed by atoms with Gasteiger partial charge in [-0.1, -0.05) is 180 Å². The molecule has 0 aliphatic heterocycles. The summed E-state index contributed by atoms with van der Waals surface area (Å²) in [6, 6.07) is 74.0. The molecule has 0 amide bonds. The number of H-pyrrole nitrogens is 1. The first-order valence-electron chi connectivity index (χ1n) is 22.6. The monoisotopic (exact) mass is 837 g/mol. The molecule has 12 rings (SSSR count). The molecule has 0 atom stereocenters. The molecule has 2 aliphatic rings. The van der Waals surface area contributed by atoms with Crippen molar-refractivity contribution in [2.24, 2.45) is 0 Å². The topological polar surface area (TPSA) is 24.0 Å². The highest BCUT2D eigenvalue weighted by Crippen LogP contribution is 2.45. The fourth-order valence-electron chi connectivity index (χ4n) is 10.9. The molecule has 64 heavy (non-hydrogen) atoms. The standard InChI is InChI=1S/C60H47N3Si/c1-6-20-43(21-7-1)54-41-47(42-56-52-30-16-18-32-57(52)61-60(54)56)62(46-36-39-59-55(40-46)53-31-17-19-33-58(53)63(59)44-22-8-2-9-23-44)45-34-37-51(38-35-45)64(48-24-10-3-11-25-48,49-26-12-4-13-27-49)50-28-14-5-15-29-50/h1-14,16-28,30-34,36-37,39-42,61H,15,29,35,38H2. The molecule has 0 spiro atoms. The van der Waals surface area contributed by atoms with Gasteiger partial charge in [-0.15, -0.1) is 0 Å². The molecule has 8 aromatic carbocycles. The normalized spacial score (nSPS) is 14.2. The molecule has 0 saturated heterocycles. The Labute approximate surface area is 375 Å².